The summed E-state index contributed by atoms with van der Waals surface area (Å²) < 4.78 is 5.36. The van der Waals surface area contributed by atoms with Crippen molar-refractivity contribution in [3.05, 3.63) is 29.8 Å². The first-order chi connectivity index (χ1) is 9.99. The molecule has 0 saturated heterocycles. The molecule has 1 aromatic carbocycles. The summed E-state index contributed by atoms with van der Waals surface area (Å²) in [6.07, 6.45) is 2.07. The third kappa shape index (κ3) is 5.38. The van der Waals surface area contributed by atoms with E-state index < -0.39 is 0 Å². The van der Waals surface area contributed by atoms with Crippen LogP contribution >= 0.6 is 0 Å². The number of nitrogens with one attached hydrogen (secondary N) is 2. The first-order valence-corrected chi connectivity index (χ1v) is 7.68. The van der Waals surface area contributed by atoms with Crippen LogP contribution in [0.15, 0.2) is 24.3 Å². The van der Waals surface area contributed by atoms with E-state index in [9.17, 15) is 4.79 Å². The minimum atomic E-state index is -0.246. The molecule has 3 atom stereocenters. The van der Waals surface area contributed by atoms with Gasteiger partial charge in [0, 0.05) is 17.6 Å². The highest BCUT2D eigenvalue weighted by atomic mass is 16.5. The summed E-state index contributed by atoms with van der Waals surface area (Å²) in [6, 6.07) is 7.88. The van der Waals surface area contributed by atoms with Gasteiger partial charge >= 0.3 is 0 Å². The number of amides is 1. The fraction of sp³-hybridized carbons (Fsp3) is 0.588. The highest BCUT2D eigenvalue weighted by Crippen LogP contribution is 2.24. The normalized spacial score (nSPS) is 15.1. The molecule has 2 N–H and O–H groups in total. The van der Waals surface area contributed by atoms with Gasteiger partial charge in [-0.3, -0.25) is 10.1 Å². The number of benzene rings is 1. The van der Waals surface area contributed by atoms with Gasteiger partial charge in [0.25, 0.3) is 0 Å². The molecule has 0 aliphatic rings. The van der Waals surface area contributed by atoms with E-state index in [0.717, 1.165) is 24.2 Å². The van der Waals surface area contributed by atoms with Gasteiger partial charge in [-0.2, -0.15) is 0 Å². The molecular weight excluding hydrogens is 264 g/mol. The smallest absolute Gasteiger partial charge is 0.237 e. The molecule has 1 amide bonds. The molecule has 0 spiro atoms. The van der Waals surface area contributed by atoms with Gasteiger partial charge in [0.1, 0.15) is 5.75 Å². The van der Waals surface area contributed by atoms with Crippen molar-refractivity contribution in [2.75, 3.05) is 7.11 Å². The van der Waals surface area contributed by atoms with Gasteiger partial charge in [0.2, 0.25) is 5.91 Å². The first-order valence-electron chi connectivity index (χ1n) is 7.68. The lowest BCUT2D eigenvalue weighted by molar-refractivity contribution is -0.123. The van der Waals surface area contributed by atoms with Gasteiger partial charge in [-0.25, -0.2) is 0 Å². The van der Waals surface area contributed by atoms with Gasteiger partial charge in [0.05, 0.1) is 13.2 Å². The molecule has 1 rings (SSSR count). The Bertz CT molecular complexity index is 448. The molecule has 0 radical (unpaired) electrons. The van der Waals surface area contributed by atoms with Crippen molar-refractivity contribution in [3.63, 3.8) is 0 Å². The van der Waals surface area contributed by atoms with Crippen molar-refractivity contribution in [2.45, 2.75) is 58.7 Å². The molecule has 1 aromatic rings. The fourth-order valence-electron chi connectivity index (χ4n) is 2.44. The second kappa shape index (κ2) is 8.67. The molecule has 4 nitrogen and oxygen atoms in total. The largest absolute Gasteiger partial charge is 0.496 e. The average Bonchev–Trinajstić information content (AvgIpc) is 2.47. The van der Waals surface area contributed by atoms with Crippen molar-refractivity contribution in [1.29, 1.82) is 0 Å². The van der Waals surface area contributed by atoms with Crippen LogP contribution in [-0.4, -0.2) is 25.1 Å². The molecule has 0 fully saturated rings. The van der Waals surface area contributed by atoms with Crippen LogP contribution in [0.5, 0.6) is 5.75 Å². The van der Waals surface area contributed by atoms with Crippen molar-refractivity contribution in [3.8, 4) is 5.75 Å². The van der Waals surface area contributed by atoms with Gasteiger partial charge in [-0.1, -0.05) is 31.5 Å². The minimum Gasteiger partial charge on any atom is -0.496 e. The quantitative estimate of drug-likeness (QED) is 0.774. The number of carbonyl (C=O) groups is 1. The number of rotatable bonds is 8. The molecule has 21 heavy (non-hydrogen) atoms. The zero-order valence-corrected chi connectivity index (χ0v) is 13.8. The second-order valence-electron chi connectivity index (χ2n) is 5.55. The minimum absolute atomic E-state index is 0.0395. The van der Waals surface area contributed by atoms with E-state index in [-0.39, 0.29) is 24.0 Å². The monoisotopic (exact) mass is 292 g/mol. The second-order valence-corrected chi connectivity index (χ2v) is 5.55. The van der Waals surface area contributed by atoms with Crippen LogP contribution < -0.4 is 15.4 Å². The maximum atomic E-state index is 12.1. The van der Waals surface area contributed by atoms with Crippen molar-refractivity contribution in [1.82, 2.24) is 10.6 Å². The van der Waals surface area contributed by atoms with Crippen LogP contribution in [0.25, 0.3) is 0 Å². The topological polar surface area (TPSA) is 50.4 Å². The Morgan fingerprint density at radius 2 is 1.90 bits per heavy atom. The molecule has 4 heteroatoms. The number of methoxy groups -OCH3 is 1. The van der Waals surface area contributed by atoms with E-state index in [1.54, 1.807) is 7.11 Å². The van der Waals surface area contributed by atoms with Crippen LogP contribution in [0.4, 0.5) is 0 Å². The Labute approximate surface area is 128 Å². The van der Waals surface area contributed by atoms with Gasteiger partial charge in [-0.15, -0.1) is 0 Å². The zero-order chi connectivity index (χ0) is 15.8. The average molecular weight is 292 g/mol. The summed E-state index contributed by atoms with van der Waals surface area (Å²) in [5.74, 6) is 0.877. The molecular formula is C17H28N2O2. The summed E-state index contributed by atoms with van der Waals surface area (Å²) in [4.78, 5) is 12.1. The van der Waals surface area contributed by atoms with Crippen LogP contribution in [0, 0.1) is 0 Å². The third-order valence-corrected chi connectivity index (χ3v) is 3.61. The number of carbonyl (C=O) groups excluding carboxylic acids is 1. The Kier molecular flexibility index (Phi) is 7.23. The Balaban J connectivity index is 2.61. The summed E-state index contributed by atoms with van der Waals surface area (Å²) in [7, 11) is 1.66. The van der Waals surface area contributed by atoms with Crippen molar-refractivity contribution in [2.24, 2.45) is 0 Å². The lowest BCUT2D eigenvalue weighted by Gasteiger charge is -2.23. The molecule has 0 aliphatic heterocycles. The van der Waals surface area contributed by atoms with E-state index in [2.05, 4.69) is 17.6 Å². The number of ether oxygens (including phenoxy) is 1. The predicted octanol–water partition coefficient (Wildman–Crippen LogP) is 3.04. The Morgan fingerprint density at radius 3 is 2.52 bits per heavy atom. The molecule has 0 aliphatic carbocycles. The summed E-state index contributed by atoms with van der Waals surface area (Å²) in [6.45, 7) is 8.09. The fourth-order valence-corrected chi connectivity index (χ4v) is 2.44. The van der Waals surface area contributed by atoms with Crippen LogP contribution in [0.3, 0.4) is 0 Å². The van der Waals surface area contributed by atoms with Crippen LogP contribution in [0.2, 0.25) is 0 Å². The third-order valence-electron chi connectivity index (χ3n) is 3.61. The number of para-hydroxylation sites is 1. The van der Waals surface area contributed by atoms with Gasteiger partial charge < -0.3 is 10.1 Å². The first kappa shape index (κ1) is 17.5. The maximum Gasteiger partial charge on any atom is 0.237 e. The van der Waals surface area contributed by atoms with E-state index in [0.29, 0.717) is 0 Å². The zero-order valence-electron chi connectivity index (χ0n) is 13.8. The van der Waals surface area contributed by atoms with E-state index in [1.807, 2.05) is 45.0 Å². The van der Waals surface area contributed by atoms with E-state index in [1.165, 1.54) is 0 Å². The van der Waals surface area contributed by atoms with Crippen molar-refractivity contribution < 1.29 is 9.53 Å². The standard InChI is InChI=1S/C17H28N2O2/c1-6-9-12(2)18-17(20)14(4)19-13(3)15-10-7-8-11-16(15)21-5/h7-8,10-14,19H,6,9H2,1-5H3,(H,18,20)/t12?,13-,14?/m1/s1. The van der Waals surface area contributed by atoms with Crippen LogP contribution in [0.1, 0.15) is 52.1 Å². The SMILES string of the molecule is CCCC(C)NC(=O)C(C)N[C@H](C)c1ccccc1OC. The summed E-state index contributed by atoms with van der Waals surface area (Å²) in [5, 5.41) is 6.36. The molecule has 0 heterocycles. The molecule has 0 bridgehead atoms. The number of hydrogen-bond acceptors (Lipinski definition) is 3. The molecule has 118 valence electrons. The predicted molar refractivity (Wildman–Crippen MR) is 86.5 cm³/mol. The summed E-state index contributed by atoms with van der Waals surface area (Å²) in [5.41, 5.74) is 1.06. The molecule has 2 unspecified atom stereocenters. The van der Waals surface area contributed by atoms with E-state index in [4.69, 9.17) is 4.74 Å². The highest BCUT2D eigenvalue weighted by molar-refractivity contribution is 5.81. The Morgan fingerprint density at radius 1 is 1.24 bits per heavy atom. The van der Waals surface area contributed by atoms with Gasteiger partial charge in [-0.05, 0) is 33.3 Å². The molecule has 0 saturated carbocycles. The van der Waals surface area contributed by atoms with Gasteiger partial charge in [0.15, 0.2) is 0 Å². The van der Waals surface area contributed by atoms with Crippen LogP contribution in [-0.2, 0) is 4.79 Å². The molecule has 0 aromatic heterocycles. The summed E-state index contributed by atoms with van der Waals surface area (Å²) >= 11 is 0. The lowest BCUT2D eigenvalue weighted by atomic mass is 10.1. The number of hydrogen-bond donors (Lipinski definition) is 2. The highest BCUT2D eigenvalue weighted by Gasteiger charge is 2.19. The van der Waals surface area contributed by atoms with Crippen molar-refractivity contribution >= 4 is 5.91 Å². The maximum absolute atomic E-state index is 12.1. The van der Waals surface area contributed by atoms with E-state index >= 15 is 0 Å². The Hall–Kier alpha value is -1.55. The lowest BCUT2D eigenvalue weighted by Crippen LogP contribution is -2.46.